The smallest absolute Gasteiger partial charge is 0.257 e. The molecule has 1 aromatic rings. The van der Waals surface area contributed by atoms with Gasteiger partial charge in [0.05, 0.1) is 5.56 Å². The van der Waals surface area contributed by atoms with E-state index in [9.17, 15) is 9.18 Å². The van der Waals surface area contributed by atoms with Crippen molar-refractivity contribution in [3.8, 4) is 11.8 Å². The molecule has 3 nitrogen and oxygen atoms in total. The molecule has 102 valence electrons. The van der Waals surface area contributed by atoms with Crippen LogP contribution in [-0.4, -0.2) is 35.1 Å². The number of halogens is 1. The Kier molecular flexibility index (Phi) is 5.53. The van der Waals surface area contributed by atoms with E-state index in [1.165, 1.54) is 12.1 Å². The molecule has 0 radical (unpaired) electrons. The number of carbonyl (C=O) groups is 1. The Labute approximate surface area is 113 Å². The Morgan fingerprint density at radius 3 is 2.63 bits per heavy atom. The van der Waals surface area contributed by atoms with Gasteiger partial charge in [-0.25, -0.2) is 4.39 Å². The summed E-state index contributed by atoms with van der Waals surface area (Å²) in [5.41, 5.74) is 0.487. The number of hydrogen-bond donors (Lipinski definition) is 1. The summed E-state index contributed by atoms with van der Waals surface area (Å²) in [5, 5.41) is 8.58. The van der Waals surface area contributed by atoms with Gasteiger partial charge in [-0.2, -0.15) is 0 Å². The fraction of sp³-hybridized carbons (Fsp3) is 0.400. The lowest BCUT2D eigenvalue weighted by Gasteiger charge is -2.25. The van der Waals surface area contributed by atoms with E-state index in [0.717, 1.165) is 0 Å². The van der Waals surface area contributed by atoms with E-state index in [4.69, 9.17) is 5.11 Å². The Morgan fingerprint density at radius 1 is 1.47 bits per heavy atom. The minimum Gasteiger partial charge on any atom is -0.384 e. The van der Waals surface area contributed by atoms with Gasteiger partial charge in [0.15, 0.2) is 0 Å². The molecule has 0 atom stereocenters. The highest BCUT2D eigenvalue weighted by Crippen LogP contribution is 2.14. The van der Waals surface area contributed by atoms with Gasteiger partial charge in [0.1, 0.15) is 12.4 Å². The maximum absolute atomic E-state index is 13.9. The number of aliphatic hydroxyl groups excluding tert-OH is 1. The van der Waals surface area contributed by atoms with Crippen LogP contribution in [0.4, 0.5) is 4.39 Å². The summed E-state index contributed by atoms with van der Waals surface area (Å²) in [6.07, 6.45) is 0. The van der Waals surface area contributed by atoms with Crippen LogP contribution < -0.4 is 0 Å². The van der Waals surface area contributed by atoms with Crippen molar-refractivity contribution in [2.24, 2.45) is 0 Å². The Balaban J connectivity index is 3.05. The van der Waals surface area contributed by atoms with Crippen LogP contribution in [0, 0.1) is 17.7 Å². The van der Waals surface area contributed by atoms with Crippen molar-refractivity contribution < 1.29 is 14.3 Å². The van der Waals surface area contributed by atoms with Gasteiger partial charge in [-0.1, -0.05) is 11.8 Å². The zero-order chi connectivity index (χ0) is 14.4. The summed E-state index contributed by atoms with van der Waals surface area (Å²) in [6.45, 7) is 5.89. The molecule has 1 N–H and O–H groups in total. The van der Waals surface area contributed by atoms with E-state index in [2.05, 4.69) is 11.8 Å². The molecule has 0 heterocycles. The number of hydrogen-bond acceptors (Lipinski definition) is 2. The molecule has 0 unspecified atom stereocenters. The van der Waals surface area contributed by atoms with E-state index < -0.39 is 5.82 Å². The number of carbonyl (C=O) groups excluding carboxylic acids is 1. The molecule has 0 bridgehead atoms. The van der Waals surface area contributed by atoms with Gasteiger partial charge in [-0.05, 0) is 39.0 Å². The lowest BCUT2D eigenvalue weighted by molar-refractivity contribution is 0.0712. The Bertz CT molecular complexity index is 515. The van der Waals surface area contributed by atoms with Crippen molar-refractivity contribution in [1.29, 1.82) is 0 Å². The average molecular weight is 263 g/mol. The normalized spacial score (nSPS) is 10.0. The maximum Gasteiger partial charge on any atom is 0.257 e. The predicted octanol–water partition coefficient (Wildman–Crippen LogP) is 2.04. The van der Waals surface area contributed by atoms with Gasteiger partial charge in [-0.15, -0.1) is 0 Å². The van der Waals surface area contributed by atoms with Crippen LogP contribution in [0.3, 0.4) is 0 Å². The van der Waals surface area contributed by atoms with Crippen molar-refractivity contribution in [3.63, 3.8) is 0 Å². The van der Waals surface area contributed by atoms with Crippen LogP contribution in [0.25, 0.3) is 0 Å². The van der Waals surface area contributed by atoms with E-state index in [0.29, 0.717) is 12.1 Å². The summed E-state index contributed by atoms with van der Waals surface area (Å²) in [7, 11) is 0. The van der Waals surface area contributed by atoms with Gasteiger partial charge >= 0.3 is 0 Å². The molecule has 1 aromatic carbocycles. The molecule has 0 saturated carbocycles. The van der Waals surface area contributed by atoms with Crippen molar-refractivity contribution in [2.75, 3.05) is 13.2 Å². The lowest BCUT2D eigenvalue weighted by atomic mass is 10.1. The van der Waals surface area contributed by atoms with E-state index in [1.54, 1.807) is 11.0 Å². The number of aliphatic hydroxyl groups is 1. The standard InChI is InChI=1S/C15H18FNO2/c1-4-17(11(2)3)15(19)13-8-7-12(6-5-9-18)10-14(13)16/h7-8,10-11,18H,4,9H2,1-3H3. The molecular formula is C15H18FNO2. The average Bonchev–Trinajstić information content (AvgIpc) is 2.36. The highest BCUT2D eigenvalue weighted by atomic mass is 19.1. The van der Waals surface area contributed by atoms with E-state index >= 15 is 0 Å². The number of benzene rings is 1. The van der Waals surface area contributed by atoms with Crippen molar-refractivity contribution in [1.82, 2.24) is 4.90 Å². The fourth-order valence-electron chi connectivity index (χ4n) is 1.81. The van der Waals surface area contributed by atoms with Crippen LogP contribution >= 0.6 is 0 Å². The van der Waals surface area contributed by atoms with E-state index in [-0.39, 0.29) is 24.1 Å². The molecule has 1 rings (SSSR count). The minimum absolute atomic E-state index is 0.0192. The van der Waals surface area contributed by atoms with Crippen LogP contribution in [0.5, 0.6) is 0 Å². The minimum atomic E-state index is -0.589. The highest BCUT2D eigenvalue weighted by Gasteiger charge is 2.20. The summed E-state index contributed by atoms with van der Waals surface area (Å²) >= 11 is 0. The molecule has 19 heavy (non-hydrogen) atoms. The number of amides is 1. The molecular weight excluding hydrogens is 245 g/mol. The van der Waals surface area contributed by atoms with Crippen molar-refractivity contribution >= 4 is 5.91 Å². The third kappa shape index (κ3) is 3.80. The van der Waals surface area contributed by atoms with Crippen molar-refractivity contribution in [2.45, 2.75) is 26.8 Å². The van der Waals surface area contributed by atoms with Gasteiger partial charge in [0.25, 0.3) is 5.91 Å². The van der Waals surface area contributed by atoms with Gasteiger partial charge in [-0.3, -0.25) is 4.79 Å². The summed E-state index contributed by atoms with van der Waals surface area (Å²) in [4.78, 5) is 13.8. The highest BCUT2D eigenvalue weighted by molar-refractivity contribution is 5.94. The molecule has 0 aliphatic carbocycles. The van der Waals surface area contributed by atoms with E-state index in [1.807, 2.05) is 20.8 Å². The fourth-order valence-corrected chi connectivity index (χ4v) is 1.81. The third-order valence-corrected chi connectivity index (χ3v) is 2.74. The van der Waals surface area contributed by atoms with Gasteiger partial charge in [0, 0.05) is 18.2 Å². The van der Waals surface area contributed by atoms with Gasteiger partial charge in [0.2, 0.25) is 0 Å². The second kappa shape index (κ2) is 6.91. The molecule has 0 fully saturated rings. The monoisotopic (exact) mass is 263 g/mol. The second-order valence-corrected chi connectivity index (χ2v) is 4.34. The first-order valence-electron chi connectivity index (χ1n) is 6.21. The first-order chi connectivity index (χ1) is 9.01. The zero-order valence-corrected chi connectivity index (χ0v) is 11.4. The first-order valence-corrected chi connectivity index (χ1v) is 6.21. The largest absolute Gasteiger partial charge is 0.384 e. The predicted molar refractivity (Wildman–Crippen MR) is 72.2 cm³/mol. The number of rotatable bonds is 3. The van der Waals surface area contributed by atoms with Crippen molar-refractivity contribution in [3.05, 3.63) is 35.1 Å². The summed E-state index contributed by atoms with van der Waals surface area (Å²) in [6, 6.07) is 4.24. The van der Waals surface area contributed by atoms with Gasteiger partial charge < -0.3 is 10.0 Å². The Morgan fingerprint density at radius 2 is 2.16 bits per heavy atom. The topological polar surface area (TPSA) is 40.5 Å². The SMILES string of the molecule is CCN(C(=O)c1ccc(C#CCO)cc1F)C(C)C. The molecule has 0 aliphatic rings. The zero-order valence-electron chi connectivity index (χ0n) is 11.4. The maximum atomic E-state index is 13.9. The first kappa shape index (κ1) is 15.2. The quantitative estimate of drug-likeness (QED) is 0.848. The molecule has 0 aliphatic heterocycles. The Hall–Kier alpha value is -1.86. The van der Waals surface area contributed by atoms with Crippen LogP contribution in [0.15, 0.2) is 18.2 Å². The second-order valence-electron chi connectivity index (χ2n) is 4.34. The number of nitrogens with zero attached hydrogens (tertiary/aromatic N) is 1. The molecule has 0 aromatic heterocycles. The summed E-state index contributed by atoms with van der Waals surface area (Å²) < 4.78 is 13.9. The van der Waals surface area contributed by atoms with Crippen LogP contribution in [0.1, 0.15) is 36.7 Å². The molecule has 0 saturated heterocycles. The molecule has 4 heteroatoms. The molecule has 1 amide bonds. The molecule has 0 spiro atoms. The lowest BCUT2D eigenvalue weighted by Crippen LogP contribution is -2.37. The van der Waals surface area contributed by atoms with Crippen LogP contribution in [0.2, 0.25) is 0 Å². The van der Waals surface area contributed by atoms with Crippen LogP contribution in [-0.2, 0) is 0 Å². The third-order valence-electron chi connectivity index (χ3n) is 2.74. The summed E-state index contributed by atoms with van der Waals surface area (Å²) in [5.74, 6) is 4.13.